The van der Waals surface area contributed by atoms with Crippen molar-refractivity contribution in [3.63, 3.8) is 0 Å². The number of ether oxygens (including phenoxy) is 1. The SMILES string of the molecule is COc1cccc(C(NC(=O)C(C)NC(=O)C(C)(C)C)c2nccn2C)c1. The van der Waals surface area contributed by atoms with Crippen molar-refractivity contribution in [1.29, 1.82) is 0 Å². The van der Waals surface area contributed by atoms with Crippen LogP contribution in [-0.2, 0) is 16.6 Å². The van der Waals surface area contributed by atoms with E-state index in [1.165, 1.54) is 0 Å². The van der Waals surface area contributed by atoms with E-state index in [2.05, 4.69) is 15.6 Å². The molecular weight excluding hydrogens is 344 g/mol. The fourth-order valence-electron chi connectivity index (χ4n) is 2.52. The van der Waals surface area contributed by atoms with Crippen LogP contribution in [0.5, 0.6) is 5.75 Å². The maximum absolute atomic E-state index is 12.8. The van der Waals surface area contributed by atoms with Crippen LogP contribution in [0.15, 0.2) is 36.7 Å². The molecule has 7 heteroatoms. The Morgan fingerprint density at radius 2 is 1.93 bits per heavy atom. The molecule has 2 atom stereocenters. The Hall–Kier alpha value is -2.83. The first-order valence-corrected chi connectivity index (χ1v) is 8.86. The highest BCUT2D eigenvalue weighted by Gasteiger charge is 2.28. The van der Waals surface area contributed by atoms with Crippen molar-refractivity contribution in [1.82, 2.24) is 20.2 Å². The van der Waals surface area contributed by atoms with Crippen LogP contribution in [0.1, 0.15) is 45.1 Å². The van der Waals surface area contributed by atoms with E-state index >= 15 is 0 Å². The summed E-state index contributed by atoms with van der Waals surface area (Å²) >= 11 is 0. The maximum atomic E-state index is 12.8. The number of hydrogen-bond donors (Lipinski definition) is 2. The fraction of sp³-hybridized carbons (Fsp3) is 0.450. The van der Waals surface area contributed by atoms with Crippen molar-refractivity contribution in [2.24, 2.45) is 12.5 Å². The molecule has 2 rings (SSSR count). The normalized spacial score (nSPS) is 13.6. The number of benzene rings is 1. The predicted molar refractivity (Wildman–Crippen MR) is 103 cm³/mol. The third-order valence-corrected chi connectivity index (χ3v) is 4.25. The van der Waals surface area contributed by atoms with Gasteiger partial charge in [-0.1, -0.05) is 32.9 Å². The first kappa shape index (κ1) is 20.5. The number of carbonyl (C=O) groups is 2. The van der Waals surface area contributed by atoms with Gasteiger partial charge in [0.15, 0.2) is 0 Å². The topological polar surface area (TPSA) is 85.2 Å². The molecule has 7 nitrogen and oxygen atoms in total. The molecule has 1 aromatic carbocycles. The Morgan fingerprint density at radius 1 is 1.22 bits per heavy atom. The van der Waals surface area contributed by atoms with Gasteiger partial charge in [-0.2, -0.15) is 0 Å². The van der Waals surface area contributed by atoms with Gasteiger partial charge in [-0.25, -0.2) is 4.98 Å². The van der Waals surface area contributed by atoms with Gasteiger partial charge in [0.25, 0.3) is 0 Å². The Labute approximate surface area is 160 Å². The highest BCUT2D eigenvalue weighted by Crippen LogP contribution is 2.24. The lowest BCUT2D eigenvalue weighted by Gasteiger charge is -2.24. The minimum atomic E-state index is -0.676. The monoisotopic (exact) mass is 372 g/mol. The second-order valence-electron chi connectivity index (χ2n) is 7.56. The number of aryl methyl sites for hydroxylation is 1. The number of nitrogens with zero attached hydrogens (tertiary/aromatic N) is 2. The van der Waals surface area contributed by atoms with Gasteiger partial charge >= 0.3 is 0 Å². The molecule has 27 heavy (non-hydrogen) atoms. The van der Waals surface area contributed by atoms with Crippen LogP contribution >= 0.6 is 0 Å². The second kappa shape index (κ2) is 8.24. The van der Waals surface area contributed by atoms with E-state index in [-0.39, 0.29) is 11.8 Å². The molecule has 0 aliphatic heterocycles. The summed E-state index contributed by atoms with van der Waals surface area (Å²) in [6.45, 7) is 7.08. The van der Waals surface area contributed by atoms with Crippen LogP contribution in [0, 0.1) is 5.41 Å². The Morgan fingerprint density at radius 3 is 2.48 bits per heavy atom. The molecule has 146 valence electrons. The average Bonchev–Trinajstić information content (AvgIpc) is 3.04. The molecule has 1 aromatic heterocycles. The zero-order chi connectivity index (χ0) is 20.2. The number of imidazole rings is 1. The van der Waals surface area contributed by atoms with E-state index < -0.39 is 17.5 Å². The summed E-state index contributed by atoms with van der Waals surface area (Å²) in [7, 11) is 3.46. The summed E-state index contributed by atoms with van der Waals surface area (Å²) < 4.78 is 7.15. The third kappa shape index (κ3) is 5.09. The van der Waals surface area contributed by atoms with E-state index in [4.69, 9.17) is 4.74 Å². The molecule has 2 unspecified atom stereocenters. The molecule has 2 N–H and O–H groups in total. The molecular formula is C20H28N4O3. The summed E-state index contributed by atoms with van der Waals surface area (Å²) in [5.74, 6) is 0.907. The van der Waals surface area contributed by atoms with Crippen molar-refractivity contribution < 1.29 is 14.3 Å². The second-order valence-corrected chi connectivity index (χ2v) is 7.56. The van der Waals surface area contributed by atoms with Crippen LogP contribution in [-0.4, -0.2) is 34.5 Å². The lowest BCUT2D eigenvalue weighted by Crippen LogP contribution is -2.49. The average molecular weight is 372 g/mol. The van der Waals surface area contributed by atoms with Gasteiger partial charge in [0.2, 0.25) is 11.8 Å². The lowest BCUT2D eigenvalue weighted by molar-refractivity contribution is -0.133. The van der Waals surface area contributed by atoms with Gasteiger partial charge < -0.3 is 19.9 Å². The van der Waals surface area contributed by atoms with E-state index in [0.717, 1.165) is 5.56 Å². The number of nitrogens with one attached hydrogen (secondary N) is 2. The first-order valence-electron chi connectivity index (χ1n) is 8.86. The van der Waals surface area contributed by atoms with Gasteiger partial charge in [0.05, 0.1) is 7.11 Å². The van der Waals surface area contributed by atoms with Crippen molar-refractivity contribution in [2.45, 2.75) is 39.8 Å². The molecule has 0 saturated heterocycles. The van der Waals surface area contributed by atoms with E-state index in [0.29, 0.717) is 11.6 Å². The number of aromatic nitrogens is 2. The number of amides is 2. The molecule has 0 saturated carbocycles. The summed E-state index contributed by atoms with van der Waals surface area (Å²) in [4.78, 5) is 29.3. The number of carbonyl (C=O) groups excluding carboxylic acids is 2. The molecule has 0 aliphatic carbocycles. The standard InChI is InChI=1S/C20H28N4O3/c1-13(22-19(26)20(2,3)4)18(25)23-16(17-21-10-11-24(17)5)14-8-7-9-15(12-14)27-6/h7-13,16H,1-6H3,(H,22,26)(H,23,25). The van der Waals surface area contributed by atoms with Crippen LogP contribution in [0.3, 0.4) is 0 Å². The number of methoxy groups -OCH3 is 1. The van der Waals surface area contributed by atoms with Gasteiger partial charge in [-0.05, 0) is 24.6 Å². The molecule has 0 aliphatic rings. The van der Waals surface area contributed by atoms with Gasteiger partial charge in [-0.15, -0.1) is 0 Å². The van der Waals surface area contributed by atoms with Gasteiger partial charge in [-0.3, -0.25) is 9.59 Å². The largest absolute Gasteiger partial charge is 0.497 e. The Kier molecular flexibility index (Phi) is 6.25. The van der Waals surface area contributed by atoms with E-state index in [1.807, 2.05) is 42.1 Å². The van der Waals surface area contributed by atoms with E-state index in [9.17, 15) is 9.59 Å². The summed E-state index contributed by atoms with van der Waals surface area (Å²) in [5.41, 5.74) is 0.270. The minimum Gasteiger partial charge on any atom is -0.497 e. The van der Waals surface area contributed by atoms with Crippen molar-refractivity contribution in [2.75, 3.05) is 7.11 Å². The molecule has 0 bridgehead atoms. The van der Waals surface area contributed by atoms with Crippen LogP contribution in [0.25, 0.3) is 0 Å². The summed E-state index contributed by atoms with van der Waals surface area (Å²) in [5, 5.41) is 5.75. The lowest BCUT2D eigenvalue weighted by atomic mass is 9.95. The van der Waals surface area contributed by atoms with Crippen molar-refractivity contribution >= 4 is 11.8 Å². The number of rotatable bonds is 6. The zero-order valence-electron chi connectivity index (χ0n) is 16.7. The van der Waals surface area contributed by atoms with Crippen LogP contribution < -0.4 is 15.4 Å². The van der Waals surface area contributed by atoms with Gasteiger partial charge in [0, 0.05) is 24.9 Å². The molecule has 2 aromatic rings. The zero-order valence-corrected chi connectivity index (χ0v) is 16.7. The molecule has 0 spiro atoms. The van der Waals surface area contributed by atoms with Gasteiger partial charge in [0.1, 0.15) is 23.7 Å². The highest BCUT2D eigenvalue weighted by atomic mass is 16.5. The number of hydrogen-bond acceptors (Lipinski definition) is 4. The predicted octanol–water partition coefficient (Wildman–Crippen LogP) is 2.19. The molecule has 0 radical (unpaired) electrons. The van der Waals surface area contributed by atoms with Crippen LogP contribution in [0.4, 0.5) is 0 Å². The molecule has 0 fully saturated rings. The highest BCUT2D eigenvalue weighted by molar-refractivity contribution is 5.89. The molecule has 2 amide bonds. The van der Waals surface area contributed by atoms with Crippen molar-refractivity contribution in [3.05, 3.63) is 48.0 Å². The maximum Gasteiger partial charge on any atom is 0.243 e. The Balaban J connectivity index is 2.26. The van der Waals surface area contributed by atoms with Crippen LogP contribution in [0.2, 0.25) is 0 Å². The smallest absolute Gasteiger partial charge is 0.243 e. The minimum absolute atomic E-state index is 0.180. The fourth-order valence-corrected chi connectivity index (χ4v) is 2.52. The first-order chi connectivity index (χ1) is 12.6. The summed E-state index contributed by atoms with van der Waals surface area (Å²) in [6.07, 6.45) is 3.50. The van der Waals surface area contributed by atoms with E-state index in [1.54, 1.807) is 41.0 Å². The Bertz CT molecular complexity index is 808. The summed E-state index contributed by atoms with van der Waals surface area (Å²) in [6, 6.07) is 6.32. The quantitative estimate of drug-likeness (QED) is 0.814. The molecule has 1 heterocycles. The van der Waals surface area contributed by atoms with Crippen molar-refractivity contribution in [3.8, 4) is 5.75 Å². The third-order valence-electron chi connectivity index (χ3n) is 4.25.